The van der Waals surface area contributed by atoms with E-state index in [4.69, 9.17) is 10.5 Å². The molecule has 0 radical (unpaired) electrons. The fourth-order valence-corrected chi connectivity index (χ4v) is 2.29. The van der Waals surface area contributed by atoms with Gasteiger partial charge in [0.15, 0.2) is 0 Å². The summed E-state index contributed by atoms with van der Waals surface area (Å²) < 4.78 is 5.26. The van der Waals surface area contributed by atoms with Crippen LogP contribution < -0.4 is 15.8 Å². The van der Waals surface area contributed by atoms with E-state index >= 15 is 0 Å². The average molecular weight is 293 g/mol. The number of benzene rings is 1. The number of unbranched alkanes of at least 4 members (excludes halogenated alkanes) is 1. The minimum Gasteiger partial charge on any atom is -0.494 e. The number of nitrogen functional groups attached to an aromatic ring is 1. The van der Waals surface area contributed by atoms with Crippen molar-refractivity contribution in [2.45, 2.75) is 39.2 Å². The topological polar surface area (TPSA) is 67.6 Å². The summed E-state index contributed by atoms with van der Waals surface area (Å²) in [6, 6.07) is 5.08. The number of likely N-dealkylation sites (N-methyl/N-ethyl adjacent to an activating group) is 1. The van der Waals surface area contributed by atoms with Crippen LogP contribution in [0.4, 0.5) is 11.4 Å². The molecule has 0 saturated carbocycles. The fourth-order valence-electron chi connectivity index (χ4n) is 2.29. The lowest BCUT2D eigenvalue weighted by Gasteiger charge is -2.26. The van der Waals surface area contributed by atoms with Crippen molar-refractivity contribution in [2.24, 2.45) is 0 Å². The zero-order valence-electron chi connectivity index (χ0n) is 13.5. The summed E-state index contributed by atoms with van der Waals surface area (Å²) in [4.78, 5) is 14.6. The highest BCUT2D eigenvalue weighted by atomic mass is 16.5. The maximum Gasteiger partial charge on any atom is 0.241 e. The average Bonchev–Trinajstić information content (AvgIpc) is 2.47. The number of carbonyl (C=O) groups excluding carboxylic acids is 1. The largest absolute Gasteiger partial charge is 0.494 e. The second kappa shape index (κ2) is 8.52. The van der Waals surface area contributed by atoms with Crippen LogP contribution in [0.5, 0.6) is 5.75 Å². The molecule has 0 fully saturated rings. The second-order valence-electron chi connectivity index (χ2n) is 5.21. The minimum atomic E-state index is -0.140. The third kappa shape index (κ3) is 4.93. The highest BCUT2D eigenvalue weighted by Crippen LogP contribution is 2.27. The van der Waals surface area contributed by atoms with Crippen LogP contribution in [0.1, 0.15) is 33.1 Å². The lowest BCUT2D eigenvalue weighted by Crippen LogP contribution is -2.41. The number of nitrogens with one attached hydrogen (secondary N) is 1. The fraction of sp³-hybridized carbons (Fsp3) is 0.562. The summed E-state index contributed by atoms with van der Waals surface area (Å²) in [6.07, 6.45) is 2.98. The molecule has 0 bridgehead atoms. The van der Waals surface area contributed by atoms with Gasteiger partial charge in [-0.1, -0.05) is 20.3 Å². The van der Waals surface area contributed by atoms with Crippen LogP contribution in [-0.4, -0.2) is 37.6 Å². The van der Waals surface area contributed by atoms with Crippen molar-refractivity contribution in [1.82, 2.24) is 4.90 Å². The van der Waals surface area contributed by atoms with E-state index in [0.29, 0.717) is 17.1 Å². The number of methoxy groups -OCH3 is 1. The number of hydrogen-bond donors (Lipinski definition) is 2. The predicted octanol–water partition coefficient (Wildman–Crippen LogP) is 2.73. The van der Waals surface area contributed by atoms with Gasteiger partial charge in [-0.15, -0.1) is 0 Å². The van der Waals surface area contributed by atoms with E-state index < -0.39 is 0 Å². The van der Waals surface area contributed by atoms with E-state index in [9.17, 15) is 4.79 Å². The van der Waals surface area contributed by atoms with Gasteiger partial charge in [0.05, 0.1) is 18.8 Å². The third-order valence-corrected chi connectivity index (χ3v) is 3.57. The molecule has 1 unspecified atom stereocenters. The van der Waals surface area contributed by atoms with Crippen LogP contribution >= 0.6 is 0 Å². The maximum absolute atomic E-state index is 12.5. The zero-order valence-corrected chi connectivity index (χ0v) is 13.5. The molecule has 0 saturated heterocycles. The van der Waals surface area contributed by atoms with Crippen molar-refractivity contribution >= 4 is 17.3 Å². The van der Waals surface area contributed by atoms with E-state index in [1.54, 1.807) is 25.3 Å². The Morgan fingerprint density at radius 3 is 2.71 bits per heavy atom. The predicted molar refractivity (Wildman–Crippen MR) is 87.7 cm³/mol. The molecule has 5 nitrogen and oxygen atoms in total. The van der Waals surface area contributed by atoms with Gasteiger partial charge in [0.2, 0.25) is 5.91 Å². The molecule has 1 atom stereocenters. The second-order valence-corrected chi connectivity index (χ2v) is 5.21. The summed E-state index contributed by atoms with van der Waals surface area (Å²) in [5.41, 5.74) is 6.98. The van der Waals surface area contributed by atoms with Crippen molar-refractivity contribution < 1.29 is 9.53 Å². The van der Waals surface area contributed by atoms with Crippen molar-refractivity contribution in [3.05, 3.63) is 18.2 Å². The molecule has 0 aliphatic rings. The Hall–Kier alpha value is -1.75. The number of anilines is 2. The first-order chi connectivity index (χ1) is 10.0. The van der Waals surface area contributed by atoms with Crippen molar-refractivity contribution in [3.63, 3.8) is 0 Å². The highest BCUT2D eigenvalue weighted by molar-refractivity contribution is 5.96. The van der Waals surface area contributed by atoms with E-state index in [2.05, 4.69) is 17.1 Å². The van der Waals surface area contributed by atoms with Gasteiger partial charge in [-0.05, 0) is 38.6 Å². The van der Waals surface area contributed by atoms with Gasteiger partial charge in [-0.25, -0.2) is 0 Å². The van der Waals surface area contributed by atoms with Crippen LogP contribution in [0.15, 0.2) is 18.2 Å². The normalized spacial score (nSPS) is 12.2. The Morgan fingerprint density at radius 2 is 2.14 bits per heavy atom. The lowest BCUT2D eigenvalue weighted by molar-refractivity contribution is -0.121. The molecule has 0 aliphatic heterocycles. The standard InChI is InChI=1S/C16H27N3O2/c1-5-7-10-19(3)14(6-2)16(20)18-13-9-8-12(17)11-15(13)21-4/h8-9,11,14H,5-7,10,17H2,1-4H3,(H,18,20). The monoisotopic (exact) mass is 293 g/mol. The SMILES string of the molecule is CCCCN(C)C(CC)C(=O)Nc1ccc(N)cc1OC. The quantitative estimate of drug-likeness (QED) is 0.723. The molecule has 0 aliphatic carbocycles. The number of rotatable bonds is 8. The number of amides is 1. The molecular formula is C16H27N3O2. The van der Waals surface area contributed by atoms with E-state index in [1.807, 2.05) is 14.0 Å². The summed E-state index contributed by atoms with van der Waals surface area (Å²) in [5.74, 6) is 0.564. The number of ether oxygens (including phenoxy) is 1. The molecule has 118 valence electrons. The Labute approximate surface area is 127 Å². The Balaban J connectivity index is 2.78. The van der Waals surface area contributed by atoms with Crippen LogP contribution in [0, 0.1) is 0 Å². The molecule has 1 aromatic rings. The Kier molecular flexibility index (Phi) is 7.02. The van der Waals surface area contributed by atoms with Crippen molar-refractivity contribution in [2.75, 3.05) is 31.8 Å². The summed E-state index contributed by atoms with van der Waals surface area (Å²) in [7, 11) is 3.55. The number of carbonyl (C=O) groups is 1. The first kappa shape index (κ1) is 17.3. The lowest BCUT2D eigenvalue weighted by atomic mass is 10.1. The Bertz CT molecular complexity index is 463. The smallest absolute Gasteiger partial charge is 0.241 e. The Morgan fingerprint density at radius 1 is 1.43 bits per heavy atom. The minimum absolute atomic E-state index is 0.0147. The molecule has 0 heterocycles. The van der Waals surface area contributed by atoms with E-state index in [0.717, 1.165) is 25.8 Å². The van der Waals surface area contributed by atoms with Gasteiger partial charge in [0.25, 0.3) is 0 Å². The van der Waals surface area contributed by atoms with Crippen molar-refractivity contribution in [3.8, 4) is 5.75 Å². The zero-order chi connectivity index (χ0) is 15.8. The summed E-state index contributed by atoms with van der Waals surface area (Å²) in [6.45, 7) is 5.09. The molecule has 0 aromatic heterocycles. The van der Waals surface area contributed by atoms with Crippen LogP contribution in [0.2, 0.25) is 0 Å². The molecule has 1 aromatic carbocycles. The van der Waals surface area contributed by atoms with E-state index in [1.165, 1.54) is 0 Å². The molecule has 5 heteroatoms. The van der Waals surface area contributed by atoms with Gasteiger partial charge in [-0.3, -0.25) is 9.69 Å². The maximum atomic E-state index is 12.5. The number of hydrogen-bond acceptors (Lipinski definition) is 4. The van der Waals surface area contributed by atoms with Crippen LogP contribution in [-0.2, 0) is 4.79 Å². The first-order valence-corrected chi connectivity index (χ1v) is 7.48. The van der Waals surface area contributed by atoms with Gasteiger partial charge in [0.1, 0.15) is 5.75 Å². The van der Waals surface area contributed by atoms with E-state index in [-0.39, 0.29) is 11.9 Å². The number of nitrogens with zero attached hydrogens (tertiary/aromatic N) is 1. The van der Waals surface area contributed by atoms with Gasteiger partial charge in [-0.2, -0.15) is 0 Å². The highest BCUT2D eigenvalue weighted by Gasteiger charge is 2.21. The number of nitrogens with two attached hydrogens (primary N) is 1. The molecule has 21 heavy (non-hydrogen) atoms. The first-order valence-electron chi connectivity index (χ1n) is 7.48. The van der Waals surface area contributed by atoms with Crippen molar-refractivity contribution in [1.29, 1.82) is 0 Å². The molecule has 3 N–H and O–H groups in total. The molecular weight excluding hydrogens is 266 g/mol. The third-order valence-electron chi connectivity index (χ3n) is 3.57. The van der Waals surface area contributed by atoms with Gasteiger partial charge < -0.3 is 15.8 Å². The summed E-state index contributed by atoms with van der Waals surface area (Å²) in [5, 5.41) is 2.94. The summed E-state index contributed by atoms with van der Waals surface area (Å²) >= 11 is 0. The van der Waals surface area contributed by atoms with Crippen LogP contribution in [0.3, 0.4) is 0 Å². The van der Waals surface area contributed by atoms with Gasteiger partial charge >= 0.3 is 0 Å². The van der Waals surface area contributed by atoms with Gasteiger partial charge in [0, 0.05) is 11.8 Å². The molecule has 1 rings (SSSR count). The molecule has 1 amide bonds. The molecule has 0 spiro atoms. The van der Waals surface area contributed by atoms with Crippen LogP contribution in [0.25, 0.3) is 0 Å².